The lowest BCUT2D eigenvalue weighted by Gasteiger charge is -2.06. The maximum absolute atomic E-state index is 12.3. The summed E-state index contributed by atoms with van der Waals surface area (Å²) in [5, 5.41) is 3.33. The number of hydrogen-bond donors (Lipinski definition) is 1. The Morgan fingerprint density at radius 2 is 2.00 bits per heavy atom. The molecule has 6 nitrogen and oxygen atoms in total. The number of fused-ring (bicyclic) bond motifs is 1. The van der Waals surface area contributed by atoms with Gasteiger partial charge in [0.05, 0.1) is 7.11 Å². The second kappa shape index (κ2) is 6.23. The van der Waals surface area contributed by atoms with E-state index < -0.39 is 11.5 Å². The molecule has 2 heterocycles. The van der Waals surface area contributed by atoms with Gasteiger partial charge in [0.2, 0.25) is 0 Å². The third-order valence-corrected chi connectivity index (χ3v) is 3.77. The van der Waals surface area contributed by atoms with Crippen molar-refractivity contribution < 1.29 is 18.4 Å². The Hall–Kier alpha value is -3.02. The smallest absolute Gasteiger partial charge is 0.349 e. The maximum atomic E-state index is 12.3. The van der Waals surface area contributed by atoms with E-state index in [0.29, 0.717) is 16.7 Å². The predicted octanol–water partition coefficient (Wildman–Crippen LogP) is 2.94. The molecule has 1 aromatic carbocycles. The maximum Gasteiger partial charge on any atom is 0.349 e. The van der Waals surface area contributed by atoms with Crippen LogP contribution in [0.2, 0.25) is 0 Å². The molecule has 0 aliphatic carbocycles. The summed E-state index contributed by atoms with van der Waals surface area (Å²) in [4.78, 5) is 24.4. The van der Waals surface area contributed by atoms with Crippen LogP contribution in [-0.4, -0.2) is 13.0 Å². The number of benzene rings is 1. The van der Waals surface area contributed by atoms with E-state index in [0.717, 1.165) is 17.1 Å². The van der Waals surface area contributed by atoms with Gasteiger partial charge in [-0.3, -0.25) is 4.79 Å². The molecule has 1 N–H and O–H groups in total. The van der Waals surface area contributed by atoms with Crippen molar-refractivity contribution in [2.75, 3.05) is 7.11 Å². The van der Waals surface area contributed by atoms with Gasteiger partial charge in [-0.1, -0.05) is 12.1 Å². The van der Waals surface area contributed by atoms with Gasteiger partial charge in [0.15, 0.2) is 11.3 Å². The highest BCUT2D eigenvalue weighted by Gasteiger charge is 2.16. The van der Waals surface area contributed by atoms with Crippen LogP contribution in [0.3, 0.4) is 0 Å². The Bertz CT molecular complexity index is 967. The minimum Gasteiger partial charge on any atom is -0.493 e. The molecule has 0 unspecified atom stereocenters. The molecule has 0 aliphatic heterocycles. The first-order chi connectivity index (χ1) is 11.5. The van der Waals surface area contributed by atoms with E-state index in [1.54, 1.807) is 18.2 Å². The minimum atomic E-state index is -0.704. The Morgan fingerprint density at radius 1 is 1.21 bits per heavy atom. The van der Waals surface area contributed by atoms with Crippen molar-refractivity contribution in [3.8, 4) is 5.75 Å². The van der Waals surface area contributed by atoms with Crippen molar-refractivity contribution in [2.24, 2.45) is 0 Å². The average Bonchev–Trinajstić information content (AvgIpc) is 2.89. The SMILES string of the molecule is COc1cccc2cc(C(=O)NCc3cc(C)oc3C)c(=O)oc12. The number of amides is 1. The summed E-state index contributed by atoms with van der Waals surface area (Å²) in [5.74, 6) is 1.46. The van der Waals surface area contributed by atoms with Crippen LogP contribution in [-0.2, 0) is 6.54 Å². The number of aryl methyl sites for hydroxylation is 2. The van der Waals surface area contributed by atoms with E-state index in [4.69, 9.17) is 13.6 Å². The van der Waals surface area contributed by atoms with E-state index in [1.807, 2.05) is 19.9 Å². The van der Waals surface area contributed by atoms with Gasteiger partial charge < -0.3 is 18.9 Å². The number of carbonyl (C=O) groups excluding carboxylic acids is 1. The lowest BCUT2D eigenvalue weighted by Crippen LogP contribution is -2.27. The normalized spacial score (nSPS) is 10.8. The van der Waals surface area contributed by atoms with Gasteiger partial charge in [-0.15, -0.1) is 0 Å². The van der Waals surface area contributed by atoms with Crippen molar-refractivity contribution in [1.29, 1.82) is 0 Å². The van der Waals surface area contributed by atoms with Gasteiger partial charge in [0.1, 0.15) is 17.1 Å². The lowest BCUT2D eigenvalue weighted by atomic mass is 10.1. The zero-order valence-corrected chi connectivity index (χ0v) is 13.6. The molecule has 0 fully saturated rings. The van der Waals surface area contributed by atoms with Crippen molar-refractivity contribution in [3.63, 3.8) is 0 Å². The van der Waals surface area contributed by atoms with Gasteiger partial charge in [-0.2, -0.15) is 0 Å². The van der Waals surface area contributed by atoms with Gasteiger partial charge in [0, 0.05) is 17.5 Å². The van der Waals surface area contributed by atoms with Gasteiger partial charge in [-0.25, -0.2) is 4.79 Å². The highest BCUT2D eigenvalue weighted by Crippen LogP contribution is 2.24. The molecule has 2 aromatic heterocycles. The largest absolute Gasteiger partial charge is 0.493 e. The topological polar surface area (TPSA) is 81.7 Å². The second-order valence-electron chi connectivity index (χ2n) is 5.45. The molecule has 6 heteroatoms. The fourth-order valence-electron chi connectivity index (χ4n) is 2.57. The van der Waals surface area contributed by atoms with Crippen molar-refractivity contribution in [3.05, 3.63) is 63.4 Å². The van der Waals surface area contributed by atoms with Crippen molar-refractivity contribution in [2.45, 2.75) is 20.4 Å². The van der Waals surface area contributed by atoms with Crippen LogP contribution in [0.15, 0.2) is 44.0 Å². The van der Waals surface area contributed by atoms with Crippen LogP contribution in [0.5, 0.6) is 5.75 Å². The Morgan fingerprint density at radius 3 is 2.67 bits per heavy atom. The molecule has 1 amide bonds. The fraction of sp³-hybridized carbons (Fsp3) is 0.222. The summed E-state index contributed by atoms with van der Waals surface area (Å²) < 4.78 is 15.8. The summed E-state index contributed by atoms with van der Waals surface area (Å²) in [6, 6.07) is 8.56. The van der Waals surface area contributed by atoms with Gasteiger partial charge >= 0.3 is 5.63 Å². The quantitative estimate of drug-likeness (QED) is 0.745. The number of para-hydroxylation sites is 1. The van der Waals surface area contributed by atoms with Gasteiger partial charge in [-0.05, 0) is 32.0 Å². The molecule has 24 heavy (non-hydrogen) atoms. The summed E-state index contributed by atoms with van der Waals surface area (Å²) in [6.07, 6.45) is 0. The summed E-state index contributed by atoms with van der Waals surface area (Å²) in [6.45, 7) is 3.94. The van der Waals surface area contributed by atoms with Crippen molar-refractivity contribution >= 4 is 16.9 Å². The number of methoxy groups -OCH3 is 1. The van der Waals surface area contributed by atoms with Crippen LogP contribution < -0.4 is 15.7 Å². The molecule has 3 rings (SSSR count). The van der Waals surface area contributed by atoms with Gasteiger partial charge in [0.25, 0.3) is 5.91 Å². The van der Waals surface area contributed by atoms with Crippen molar-refractivity contribution in [1.82, 2.24) is 5.32 Å². The minimum absolute atomic E-state index is 0.0476. The molecular formula is C18H17NO5. The molecule has 3 aromatic rings. The molecular weight excluding hydrogens is 310 g/mol. The standard InChI is InChI=1S/C18H17NO5/c1-10-7-13(11(2)23-10)9-19-17(20)14-8-12-5-4-6-15(22-3)16(12)24-18(14)21/h4-8H,9H2,1-3H3,(H,19,20). The number of rotatable bonds is 4. The first kappa shape index (κ1) is 15.9. The number of furan rings is 1. The first-order valence-electron chi connectivity index (χ1n) is 7.44. The second-order valence-corrected chi connectivity index (χ2v) is 5.45. The molecule has 0 spiro atoms. The van der Waals surface area contributed by atoms with Crippen LogP contribution in [0.25, 0.3) is 11.0 Å². The average molecular weight is 327 g/mol. The first-order valence-corrected chi connectivity index (χ1v) is 7.44. The van der Waals surface area contributed by atoms with Crippen LogP contribution in [0.1, 0.15) is 27.4 Å². The molecule has 0 saturated carbocycles. The Balaban J connectivity index is 1.88. The molecule has 0 aliphatic rings. The van der Waals surface area contributed by atoms with E-state index in [1.165, 1.54) is 13.2 Å². The molecule has 0 atom stereocenters. The van der Waals surface area contributed by atoms with E-state index >= 15 is 0 Å². The Labute approximate surface area is 138 Å². The van der Waals surface area contributed by atoms with E-state index in [-0.39, 0.29) is 12.1 Å². The fourth-order valence-corrected chi connectivity index (χ4v) is 2.57. The monoisotopic (exact) mass is 327 g/mol. The summed E-state index contributed by atoms with van der Waals surface area (Å²) in [5.41, 5.74) is 0.439. The number of nitrogens with one attached hydrogen (secondary N) is 1. The summed E-state index contributed by atoms with van der Waals surface area (Å²) in [7, 11) is 1.49. The van der Waals surface area contributed by atoms with Crippen LogP contribution in [0.4, 0.5) is 0 Å². The Kier molecular flexibility index (Phi) is 4.12. The van der Waals surface area contributed by atoms with E-state index in [2.05, 4.69) is 5.32 Å². The third-order valence-electron chi connectivity index (χ3n) is 3.77. The van der Waals surface area contributed by atoms with Crippen LogP contribution in [0, 0.1) is 13.8 Å². The zero-order valence-electron chi connectivity index (χ0n) is 13.6. The highest BCUT2D eigenvalue weighted by molar-refractivity contribution is 5.97. The molecule has 124 valence electrons. The van der Waals surface area contributed by atoms with Crippen LogP contribution >= 0.6 is 0 Å². The number of carbonyl (C=O) groups is 1. The molecule has 0 bridgehead atoms. The third kappa shape index (κ3) is 2.90. The zero-order chi connectivity index (χ0) is 17.3. The number of ether oxygens (including phenoxy) is 1. The molecule has 0 radical (unpaired) electrons. The number of hydrogen-bond acceptors (Lipinski definition) is 5. The highest BCUT2D eigenvalue weighted by atomic mass is 16.5. The summed E-state index contributed by atoms with van der Waals surface area (Å²) >= 11 is 0. The molecule has 0 saturated heterocycles. The predicted molar refractivity (Wildman–Crippen MR) is 88.4 cm³/mol. The lowest BCUT2D eigenvalue weighted by molar-refractivity contribution is 0.0947. The van der Waals surface area contributed by atoms with E-state index in [9.17, 15) is 9.59 Å².